The van der Waals surface area contributed by atoms with Gasteiger partial charge >= 0.3 is 0 Å². The zero-order chi connectivity index (χ0) is 16.7. The van der Waals surface area contributed by atoms with Crippen LogP contribution in [0.15, 0.2) is 18.3 Å². The Morgan fingerprint density at radius 2 is 2.17 bits per heavy atom. The Morgan fingerprint density at radius 1 is 1.43 bits per heavy atom. The van der Waals surface area contributed by atoms with Crippen LogP contribution in [0.3, 0.4) is 0 Å². The third kappa shape index (κ3) is 4.87. The number of nitrogens with one attached hydrogen (secondary N) is 1. The summed E-state index contributed by atoms with van der Waals surface area (Å²) in [6, 6.07) is 2.82. The Bertz CT molecular complexity index is 507. The van der Waals surface area contributed by atoms with E-state index in [2.05, 4.69) is 15.2 Å². The molecule has 1 amide bonds. The lowest BCUT2D eigenvalue weighted by Crippen LogP contribution is -2.54. The minimum atomic E-state index is -0.301. The normalized spacial score (nSPS) is 17.1. The molecule has 7 heteroatoms. The highest BCUT2D eigenvalue weighted by Crippen LogP contribution is 2.17. The standard InChI is InChI=1S/C16H25FN4O2/c1-13(16(22)19-7-4-12-23-2)20-8-10-21(11-9-20)15-14(17)5-3-6-18-15/h3,5-6,13H,4,7-12H2,1-2H3,(H,19,22). The van der Waals surface area contributed by atoms with E-state index in [1.165, 1.54) is 6.07 Å². The molecule has 0 saturated carbocycles. The van der Waals surface area contributed by atoms with Crippen LogP contribution >= 0.6 is 0 Å². The zero-order valence-electron chi connectivity index (χ0n) is 13.8. The van der Waals surface area contributed by atoms with Gasteiger partial charge in [-0.05, 0) is 25.5 Å². The molecule has 1 aromatic rings. The molecule has 1 atom stereocenters. The summed E-state index contributed by atoms with van der Waals surface area (Å²) in [6.07, 6.45) is 2.41. The molecule has 6 nitrogen and oxygen atoms in total. The van der Waals surface area contributed by atoms with Crippen molar-refractivity contribution in [3.8, 4) is 0 Å². The van der Waals surface area contributed by atoms with Crippen molar-refractivity contribution in [3.05, 3.63) is 24.1 Å². The summed E-state index contributed by atoms with van der Waals surface area (Å²) in [7, 11) is 1.65. The second-order valence-electron chi connectivity index (χ2n) is 5.65. The summed E-state index contributed by atoms with van der Waals surface area (Å²) >= 11 is 0. The van der Waals surface area contributed by atoms with Crippen LogP contribution in [0.1, 0.15) is 13.3 Å². The van der Waals surface area contributed by atoms with Crippen molar-refractivity contribution in [1.82, 2.24) is 15.2 Å². The van der Waals surface area contributed by atoms with Crippen molar-refractivity contribution >= 4 is 11.7 Å². The van der Waals surface area contributed by atoms with Gasteiger partial charge in [0.05, 0.1) is 6.04 Å². The van der Waals surface area contributed by atoms with Crippen LogP contribution in [0.2, 0.25) is 0 Å². The summed E-state index contributed by atoms with van der Waals surface area (Å²) in [4.78, 5) is 20.3. The fraction of sp³-hybridized carbons (Fsp3) is 0.625. The molecule has 1 aromatic heterocycles. The molecule has 1 unspecified atom stereocenters. The van der Waals surface area contributed by atoms with Crippen LogP contribution in [0.25, 0.3) is 0 Å². The predicted molar refractivity (Wildman–Crippen MR) is 86.9 cm³/mol. The predicted octanol–water partition coefficient (Wildman–Crippen LogP) is 0.884. The van der Waals surface area contributed by atoms with Crippen molar-refractivity contribution in [1.29, 1.82) is 0 Å². The van der Waals surface area contributed by atoms with E-state index < -0.39 is 0 Å². The molecule has 0 bridgehead atoms. The number of halogens is 1. The zero-order valence-corrected chi connectivity index (χ0v) is 13.8. The third-order valence-electron chi connectivity index (χ3n) is 4.10. The lowest BCUT2D eigenvalue weighted by Gasteiger charge is -2.38. The van der Waals surface area contributed by atoms with Crippen molar-refractivity contribution in [3.63, 3.8) is 0 Å². The molecular formula is C16H25FN4O2. The number of methoxy groups -OCH3 is 1. The Balaban J connectivity index is 1.79. The molecule has 1 N–H and O–H groups in total. The first-order valence-electron chi connectivity index (χ1n) is 7.99. The molecule has 0 aromatic carbocycles. The molecule has 23 heavy (non-hydrogen) atoms. The monoisotopic (exact) mass is 324 g/mol. The second kappa shape index (κ2) is 8.79. The van der Waals surface area contributed by atoms with Crippen LogP contribution < -0.4 is 10.2 Å². The van der Waals surface area contributed by atoms with Crippen LogP contribution in [-0.2, 0) is 9.53 Å². The SMILES string of the molecule is COCCCNC(=O)C(C)N1CCN(c2ncccc2F)CC1. The van der Waals surface area contributed by atoms with E-state index in [0.717, 1.165) is 6.42 Å². The van der Waals surface area contributed by atoms with Crippen molar-refractivity contribution < 1.29 is 13.9 Å². The first kappa shape index (κ1) is 17.6. The summed E-state index contributed by atoms with van der Waals surface area (Å²) in [6.45, 7) is 5.91. The second-order valence-corrected chi connectivity index (χ2v) is 5.65. The van der Waals surface area contributed by atoms with Gasteiger partial charge in [-0.2, -0.15) is 0 Å². The lowest BCUT2D eigenvalue weighted by atomic mass is 10.2. The van der Waals surface area contributed by atoms with Crippen LogP contribution in [0.5, 0.6) is 0 Å². The molecule has 1 aliphatic rings. The van der Waals surface area contributed by atoms with Gasteiger partial charge in [0, 0.05) is 52.6 Å². The van der Waals surface area contributed by atoms with Gasteiger partial charge in [0.15, 0.2) is 11.6 Å². The highest BCUT2D eigenvalue weighted by Gasteiger charge is 2.26. The molecule has 2 rings (SSSR count). The van der Waals surface area contributed by atoms with E-state index in [1.54, 1.807) is 19.4 Å². The highest BCUT2D eigenvalue weighted by atomic mass is 19.1. The van der Waals surface area contributed by atoms with Gasteiger partial charge in [0.2, 0.25) is 5.91 Å². The van der Waals surface area contributed by atoms with Gasteiger partial charge in [-0.25, -0.2) is 9.37 Å². The molecule has 128 valence electrons. The average molecular weight is 324 g/mol. The number of carbonyl (C=O) groups excluding carboxylic acids is 1. The topological polar surface area (TPSA) is 57.7 Å². The number of amides is 1. The maximum atomic E-state index is 13.8. The quantitative estimate of drug-likeness (QED) is 0.755. The minimum absolute atomic E-state index is 0.0265. The fourth-order valence-electron chi connectivity index (χ4n) is 2.67. The van der Waals surface area contributed by atoms with Gasteiger partial charge in [-0.3, -0.25) is 9.69 Å². The van der Waals surface area contributed by atoms with E-state index >= 15 is 0 Å². The van der Waals surface area contributed by atoms with Crippen molar-refractivity contribution in [2.75, 3.05) is 51.3 Å². The lowest BCUT2D eigenvalue weighted by molar-refractivity contribution is -0.126. The first-order valence-corrected chi connectivity index (χ1v) is 7.99. The fourth-order valence-corrected chi connectivity index (χ4v) is 2.67. The largest absolute Gasteiger partial charge is 0.385 e. The smallest absolute Gasteiger partial charge is 0.237 e. The van der Waals surface area contributed by atoms with E-state index in [0.29, 0.717) is 45.1 Å². The van der Waals surface area contributed by atoms with Gasteiger partial charge in [-0.15, -0.1) is 0 Å². The average Bonchev–Trinajstić information content (AvgIpc) is 2.58. The van der Waals surface area contributed by atoms with Gasteiger partial charge in [-0.1, -0.05) is 0 Å². The van der Waals surface area contributed by atoms with Crippen molar-refractivity contribution in [2.24, 2.45) is 0 Å². The summed E-state index contributed by atoms with van der Waals surface area (Å²) in [5.41, 5.74) is 0. The summed E-state index contributed by atoms with van der Waals surface area (Å²) in [5, 5.41) is 2.92. The van der Waals surface area contributed by atoms with E-state index in [-0.39, 0.29) is 17.8 Å². The number of piperazine rings is 1. The van der Waals surface area contributed by atoms with Crippen molar-refractivity contribution in [2.45, 2.75) is 19.4 Å². The van der Waals surface area contributed by atoms with Crippen LogP contribution in [0, 0.1) is 5.82 Å². The number of aromatic nitrogens is 1. The number of carbonyl (C=O) groups is 1. The molecule has 0 radical (unpaired) electrons. The highest BCUT2D eigenvalue weighted by molar-refractivity contribution is 5.81. The molecule has 1 fully saturated rings. The number of anilines is 1. The Hall–Kier alpha value is -1.73. The Morgan fingerprint density at radius 3 is 2.83 bits per heavy atom. The number of hydrogen-bond donors (Lipinski definition) is 1. The number of nitrogens with zero attached hydrogens (tertiary/aromatic N) is 3. The van der Waals surface area contributed by atoms with E-state index in [1.807, 2.05) is 11.8 Å². The van der Waals surface area contributed by atoms with Gasteiger partial charge in [0.25, 0.3) is 0 Å². The van der Waals surface area contributed by atoms with Gasteiger partial charge in [0.1, 0.15) is 0 Å². The number of rotatable bonds is 7. The Kier molecular flexibility index (Phi) is 6.73. The molecule has 1 saturated heterocycles. The maximum absolute atomic E-state index is 13.8. The number of hydrogen-bond acceptors (Lipinski definition) is 5. The molecule has 0 spiro atoms. The third-order valence-corrected chi connectivity index (χ3v) is 4.10. The number of pyridine rings is 1. The molecule has 0 aliphatic carbocycles. The summed E-state index contributed by atoms with van der Waals surface area (Å²) < 4.78 is 18.7. The maximum Gasteiger partial charge on any atom is 0.237 e. The molecule has 2 heterocycles. The van der Waals surface area contributed by atoms with E-state index in [9.17, 15) is 9.18 Å². The molecule has 1 aliphatic heterocycles. The first-order chi connectivity index (χ1) is 11.1. The molecular weight excluding hydrogens is 299 g/mol. The number of ether oxygens (including phenoxy) is 1. The summed E-state index contributed by atoms with van der Waals surface area (Å²) in [5.74, 6) is 0.118. The minimum Gasteiger partial charge on any atom is -0.385 e. The van der Waals surface area contributed by atoms with Crippen LogP contribution in [-0.4, -0.2) is 68.3 Å². The van der Waals surface area contributed by atoms with Crippen LogP contribution in [0.4, 0.5) is 10.2 Å². The van der Waals surface area contributed by atoms with E-state index in [4.69, 9.17) is 4.74 Å². The van der Waals surface area contributed by atoms with Gasteiger partial charge < -0.3 is 15.0 Å². The Labute approximate surface area is 136 Å².